The van der Waals surface area contributed by atoms with Gasteiger partial charge < -0.3 is 14.5 Å². The van der Waals surface area contributed by atoms with Crippen molar-refractivity contribution in [1.82, 2.24) is 10.4 Å². The number of hydrogen-bond acceptors (Lipinski definition) is 6. The number of furan rings is 1. The Balaban J connectivity index is 1.44. The van der Waals surface area contributed by atoms with E-state index in [1.807, 2.05) is 13.0 Å². The maximum Gasteiger partial charge on any atom is 0.292 e. The minimum atomic E-state index is -0.449. The lowest BCUT2D eigenvalue weighted by atomic mass is 9.93. The lowest BCUT2D eigenvalue weighted by Gasteiger charge is -2.13. The number of nitrogens with one attached hydrogen (secondary N) is 2. The molecule has 0 atom stereocenters. The molecule has 4 rings (SSSR count). The van der Waals surface area contributed by atoms with Gasteiger partial charge in [-0.2, -0.15) is 5.10 Å². The van der Waals surface area contributed by atoms with Crippen LogP contribution in [0.2, 0.25) is 10.0 Å². The third kappa shape index (κ3) is 5.40. The van der Waals surface area contributed by atoms with E-state index in [4.69, 9.17) is 32.4 Å². The Morgan fingerprint density at radius 1 is 1.18 bits per heavy atom. The van der Waals surface area contributed by atoms with Crippen molar-refractivity contribution >= 4 is 46.5 Å². The number of carbonyl (C=O) groups is 2. The van der Waals surface area contributed by atoms with Crippen LogP contribution in [0.3, 0.4) is 0 Å². The molecular weight excluding hydrogens is 479 g/mol. The lowest BCUT2D eigenvalue weighted by molar-refractivity contribution is -0.123. The lowest BCUT2D eigenvalue weighted by Crippen LogP contribution is -2.27. The molecule has 2 heterocycles. The van der Waals surface area contributed by atoms with Gasteiger partial charge in [0.05, 0.1) is 10.7 Å². The van der Waals surface area contributed by atoms with Gasteiger partial charge >= 0.3 is 0 Å². The van der Waals surface area contributed by atoms with Crippen LogP contribution in [0.5, 0.6) is 5.75 Å². The standard InChI is InChI=1S/C24H22Cl2N4O4/c1-13-6-9-20(27-11-13)28-24(32)23-14(2)22-17(4-3-5-19(22)34-23)29-30-21(31)12-33-18-8-7-15(25)10-16(18)26/h6-11H,3-5,12H2,1-2H3,(H,30,31)(H,27,28,32)/b29-17+. The largest absolute Gasteiger partial charge is 0.482 e. The molecule has 34 heavy (non-hydrogen) atoms. The van der Waals surface area contributed by atoms with Crippen LogP contribution in [0.1, 0.15) is 45.8 Å². The zero-order valence-corrected chi connectivity index (χ0v) is 20.1. The van der Waals surface area contributed by atoms with Crippen LogP contribution in [0.25, 0.3) is 0 Å². The van der Waals surface area contributed by atoms with E-state index in [0.29, 0.717) is 51.5 Å². The molecule has 3 aromatic rings. The van der Waals surface area contributed by atoms with Gasteiger partial charge in [-0.3, -0.25) is 9.59 Å². The number of pyridine rings is 1. The first kappa shape index (κ1) is 23.8. The summed E-state index contributed by atoms with van der Waals surface area (Å²) in [6.45, 7) is 3.45. The Labute approximate surface area is 206 Å². The molecule has 176 valence electrons. The van der Waals surface area contributed by atoms with Crippen LogP contribution in [-0.2, 0) is 11.2 Å². The van der Waals surface area contributed by atoms with Gasteiger partial charge in [0, 0.05) is 28.8 Å². The second-order valence-electron chi connectivity index (χ2n) is 7.84. The molecule has 8 nitrogen and oxygen atoms in total. The van der Waals surface area contributed by atoms with Crippen LogP contribution < -0.4 is 15.5 Å². The first-order valence-corrected chi connectivity index (χ1v) is 11.4. The number of hydrazone groups is 1. The fourth-order valence-electron chi connectivity index (χ4n) is 3.61. The number of amides is 2. The maximum absolute atomic E-state index is 12.8. The predicted molar refractivity (Wildman–Crippen MR) is 130 cm³/mol. The minimum absolute atomic E-state index is 0.203. The van der Waals surface area contributed by atoms with E-state index in [9.17, 15) is 9.59 Å². The van der Waals surface area contributed by atoms with Crippen molar-refractivity contribution in [3.8, 4) is 5.75 Å². The van der Waals surface area contributed by atoms with E-state index in [-0.39, 0.29) is 18.3 Å². The molecule has 0 unspecified atom stereocenters. The van der Waals surface area contributed by atoms with Crippen molar-refractivity contribution in [3.05, 3.63) is 74.8 Å². The predicted octanol–water partition coefficient (Wildman–Crippen LogP) is 5.09. The number of benzene rings is 1. The number of carbonyl (C=O) groups excluding carboxylic acids is 2. The van der Waals surface area contributed by atoms with Gasteiger partial charge in [-0.25, -0.2) is 10.4 Å². The fourth-order valence-corrected chi connectivity index (χ4v) is 4.07. The van der Waals surface area contributed by atoms with Crippen LogP contribution in [0.15, 0.2) is 46.0 Å². The number of hydrogen-bond donors (Lipinski definition) is 2. The van der Waals surface area contributed by atoms with Crippen LogP contribution in [0.4, 0.5) is 5.82 Å². The molecule has 0 saturated heterocycles. The summed E-state index contributed by atoms with van der Waals surface area (Å²) in [6, 6.07) is 8.33. The molecule has 2 aromatic heterocycles. The number of fused-ring (bicyclic) bond motifs is 1. The van der Waals surface area contributed by atoms with E-state index in [0.717, 1.165) is 17.5 Å². The van der Waals surface area contributed by atoms with Gasteiger partial charge in [0.1, 0.15) is 17.3 Å². The van der Waals surface area contributed by atoms with Crippen molar-refractivity contribution in [2.75, 3.05) is 11.9 Å². The minimum Gasteiger partial charge on any atom is -0.482 e. The summed E-state index contributed by atoms with van der Waals surface area (Å²) < 4.78 is 11.3. The van der Waals surface area contributed by atoms with Gasteiger partial charge in [-0.15, -0.1) is 0 Å². The molecule has 1 aliphatic rings. The molecule has 10 heteroatoms. The second-order valence-corrected chi connectivity index (χ2v) is 8.68. The van der Waals surface area contributed by atoms with Crippen molar-refractivity contribution in [2.24, 2.45) is 5.10 Å². The van der Waals surface area contributed by atoms with Crippen molar-refractivity contribution in [2.45, 2.75) is 33.1 Å². The number of halogens is 2. The zero-order valence-electron chi connectivity index (χ0n) is 18.6. The summed E-state index contributed by atoms with van der Waals surface area (Å²) in [5.41, 5.74) is 5.56. The fraction of sp³-hybridized carbons (Fsp3) is 0.250. The first-order chi connectivity index (χ1) is 16.3. The van der Waals surface area contributed by atoms with Crippen LogP contribution in [0, 0.1) is 13.8 Å². The number of nitrogens with zero attached hydrogens (tertiary/aromatic N) is 2. The number of ether oxygens (including phenoxy) is 1. The molecule has 1 aliphatic carbocycles. The Hall–Kier alpha value is -3.36. The number of rotatable bonds is 6. The number of anilines is 1. The van der Waals surface area contributed by atoms with Crippen LogP contribution in [-0.4, -0.2) is 29.1 Å². The normalized spacial score (nSPS) is 13.9. The summed E-state index contributed by atoms with van der Waals surface area (Å²) in [6.07, 6.45) is 3.77. The molecule has 0 fully saturated rings. The van der Waals surface area contributed by atoms with E-state index < -0.39 is 5.91 Å². The molecule has 0 saturated carbocycles. The SMILES string of the molecule is Cc1ccc(NC(=O)c2oc3c(c2C)/C(=N/NC(=O)COc2ccc(Cl)cc2Cl)CCC3)nc1. The molecule has 2 N–H and O–H groups in total. The van der Waals surface area contributed by atoms with Gasteiger partial charge in [0.25, 0.3) is 11.8 Å². The summed E-state index contributed by atoms with van der Waals surface area (Å²) in [5, 5.41) is 7.81. The molecule has 0 radical (unpaired) electrons. The summed E-state index contributed by atoms with van der Waals surface area (Å²) in [5.74, 6) is 0.816. The van der Waals surface area contributed by atoms with E-state index >= 15 is 0 Å². The quantitative estimate of drug-likeness (QED) is 0.458. The summed E-state index contributed by atoms with van der Waals surface area (Å²) in [7, 11) is 0. The molecule has 1 aromatic carbocycles. The van der Waals surface area contributed by atoms with Gasteiger partial charge in [0.15, 0.2) is 12.4 Å². The van der Waals surface area contributed by atoms with Gasteiger partial charge in [-0.1, -0.05) is 29.3 Å². The highest BCUT2D eigenvalue weighted by molar-refractivity contribution is 6.35. The van der Waals surface area contributed by atoms with Crippen molar-refractivity contribution in [3.63, 3.8) is 0 Å². The van der Waals surface area contributed by atoms with E-state index in [1.165, 1.54) is 6.07 Å². The summed E-state index contributed by atoms with van der Waals surface area (Å²) >= 11 is 11.9. The molecular formula is C24H22Cl2N4O4. The van der Waals surface area contributed by atoms with Gasteiger partial charge in [-0.05, 0) is 56.5 Å². The Morgan fingerprint density at radius 3 is 2.74 bits per heavy atom. The topological polar surface area (TPSA) is 106 Å². The smallest absolute Gasteiger partial charge is 0.292 e. The third-order valence-corrected chi connectivity index (χ3v) is 5.78. The Morgan fingerprint density at radius 2 is 2.00 bits per heavy atom. The van der Waals surface area contributed by atoms with E-state index in [2.05, 4.69) is 20.8 Å². The molecule has 0 bridgehead atoms. The van der Waals surface area contributed by atoms with Crippen LogP contribution >= 0.6 is 23.2 Å². The average molecular weight is 501 g/mol. The highest BCUT2D eigenvalue weighted by Gasteiger charge is 2.28. The number of aryl methyl sites for hydroxylation is 2. The molecule has 2 amide bonds. The second kappa shape index (κ2) is 10.3. The molecule has 0 aliphatic heterocycles. The Kier molecular flexibility index (Phi) is 7.19. The van der Waals surface area contributed by atoms with Gasteiger partial charge in [0.2, 0.25) is 0 Å². The van der Waals surface area contributed by atoms with Crippen molar-refractivity contribution < 1.29 is 18.7 Å². The average Bonchev–Trinajstić information content (AvgIpc) is 3.16. The van der Waals surface area contributed by atoms with E-state index in [1.54, 1.807) is 31.3 Å². The third-order valence-electron chi connectivity index (χ3n) is 5.25. The highest BCUT2D eigenvalue weighted by atomic mass is 35.5. The maximum atomic E-state index is 12.8. The summed E-state index contributed by atoms with van der Waals surface area (Å²) in [4.78, 5) is 29.3. The van der Waals surface area contributed by atoms with Crippen molar-refractivity contribution in [1.29, 1.82) is 0 Å². The molecule has 0 spiro atoms. The first-order valence-electron chi connectivity index (χ1n) is 10.6. The highest BCUT2D eigenvalue weighted by Crippen LogP contribution is 2.30. The monoisotopic (exact) mass is 500 g/mol. The zero-order chi connectivity index (χ0) is 24.2. The number of aromatic nitrogens is 1. The Bertz CT molecular complexity index is 1270.